The lowest BCUT2D eigenvalue weighted by Crippen LogP contribution is -2.40. The molecule has 0 aliphatic carbocycles. The Balaban J connectivity index is 1.88. The van der Waals surface area contributed by atoms with Gasteiger partial charge in [-0.1, -0.05) is 18.2 Å². The van der Waals surface area contributed by atoms with Gasteiger partial charge in [-0.2, -0.15) is 0 Å². The van der Waals surface area contributed by atoms with Crippen LogP contribution in [0.5, 0.6) is 5.75 Å². The molecule has 6 heteroatoms. The Morgan fingerprint density at radius 2 is 1.88 bits per heavy atom. The van der Waals surface area contributed by atoms with Gasteiger partial charge in [0.2, 0.25) is 11.8 Å². The molecule has 0 radical (unpaired) electrons. The van der Waals surface area contributed by atoms with E-state index >= 15 is 0 Å². The quantitative estimate of drug-likeness (QED) is 0.577. The van der Waals surface area contributed by atoms with E-state index in [1.54, 1.807) is 31.9 Å². The van der Waals surface area contributed by atoms with Gasteiger partial charge in [-0.15, -0.1) is 11.8 Å². The maximum absolute atomic E-state index is 12.2. The highest BCUT2D eigenvalue weighted by molar-refractivity contribution is 7.98. The second-order valence-corrected chi connectivity index (χ2v) is 6.44. The number of hydrogen-bond acceptors (Lipinski definition) is 4. The van der Waals surface area contributed by atoms with Crippen molar-refractivity contribution in [1.82, 2.24) is 5.32 Å². The summed E-state index contributed by atoms with van der Waals surface area (Å²) in [6, 6.07) is 14.2. The van der Waals surface area contributed by atoms with Gasteiger partial charge < -0.3 is 15.4 Å². The van der Waals surface area contributed by atoms with Crippen LogP contribution in [0, 0.1) is 0 Å². The zero-order chi connectivity index (χ0) is 18.9. The van der Waals surface area contributed by atoms with Gasteiger partial charge in [0, 0.05) is 16.7 Å². The maximum Gasteiger partial charge on any atom is 0.246 e. The monoisotopic (exact) mass is 370 g/mol. The molecular formula is C20H22N2O3S. The van der Waals surface area contributed by atoms with Crippen LogP contribution < -0.4 is 15.4 Å². The van der Waals surface area contributed by atoms with Gasteiger partial charge in [-0.25, -0.2) is 0 Å². The molecule has 0 fully saturated rings. The largest absolute Gasteiger partial charge is 0.497 e. The Kier molecular flexibility index (Phi) is 7.29. The molecule has 2 amide bonds. The van der Waals surface area contributed by atoms with E-state index < -0.39 is 6.04 Å². The summed E-state index contributed by atoms with van der Waals surface area (Å²) in [6.45, 7) is 1.65. The Bertz CT molecular complexity index is 788. The Morgan fingerprint density at radius 3 is 2.54 bits per heavy atom. The molecule has 5 nitrogen and oxygen atoms in total. The molecule has 26 heavy (non-hydrogen) atoms. The van der Waals surface area contributed by atoms with Gasteiger partial charge in [0.1, 0.15) is 11.8 Å². The fourth-order valence-corrected chi connectivity index (χ4v) is 2.62. The topological polar surface area (TPSA) is 67.4 Å². The summed E-state index contributed by atoms with van der Waals surface area (Å²) in [6.07, 6.45) is 5.06. The van der Waals surface area contributed by atoms with Crippen molar-refractivity contribution in [3.8, 4) is 5.75 Å². The third-order valence-electron chi connectivity index (χ3n) is 3.63. The highest BCUT2D eigenvalue weighted by Gasteiger charge is 2.14. The number of carbonyl (C=O) groups excluding carboxylic acids is 2. The number of carbonyl (C=O) groups is 2. The number of hydrogen-bond donors (Lipinski definition) is 2. The number of benzene rings is 2. The number of rotatable bonds is 7. The van der Waals surface area contributed by atoms with E-state index in [-0.39, 0.29) is 11.8 Å². The van der Waals surface area contributed by atoms with E-state index in [9.17, 15) is 9.59 Å². The van der Waals surface area contributed by atoms with Gasteiger partial charge in [-0.05, 0) is 55.2 Å². The van der Waals surface area contributed by atoms with E-state index in [1.807, 2.05) is 54.8 Å². The number of ether oxygens (including phenoxy) is 1. The Morgan fingerprint density at radius 1 is 1.15 bits per heavy atom. The molecule has 0 saturated carbocycles. The molecule has 136 valence electrons. The third-order valence-corrected chi connectivity index (χ3v) is 4.36. The maximum atomic E-state index is 12.2. The summed E-state index contributed by atoms with van der Waals surface area (Å²) in [5, 5.41) is 5.46. The van der Waals surface area contributed by atoms with Crippen LogP contribution in [-0.4, -0.2) is 31.2 Å². The van der Waals surface area contributed by atoms with Gasteiger partial charge in [-0.3, -0.25) is 9.59 Å². The fraction of sp³-hybridized carbons (Fsp3) is 0.200. The predicted octanol–water partition coefficient (Wildman–Crippen LogP) is 3.57. The summed E-state index contributed by atoms with van der Waals surface area (Å²) in [7, 11) is 1.60. The smallest absolute Gasteiger partial charge is 0.246 e. The zero-order valence-corrected chi connectivity index (χ0v) is 15.8. The average molecular weight is 370 g/mol. The highest BCUT2D eigenvalue weighted by atomic mass is 32.2. The van der Waals surface area contributed by atoms with Crippen molar-refractivity contribution in [3.05, 3.63) is 60.2 Å². The van der Waals surface area contributed by atoms with Crippen LogP contribution in [0.1, 0.15) is 12.5 Å². The van der Waals surface area contributed by atoms with E-state index in [4.69, 9.17) is 4.74 Å². The first kappa shape index (κ1) is 19.6. The van der Waals surface area contributed by atoms with Gasteiger partial charge in [0.25, 0.3) is 0 Å². The summed E-state index contributed by atoms with van der Waals surface area (Å²) >= 11 is 1.60. The molecule has 0 spiro atoms. The first-order valence-corrected chi connectivity index (χ1v) is 9.32. The van der Waals surface area contributed by atoms with Crippen LogP contribution in [0.2, 0.25) is 0 Å². The molecule has 1 unspecified atom stereocenters. The lowest BCUT2D eigenvalue weighted by molar-refractivity contribution is -0.123. The molecule has 2 aromatic rings. The molecular weight excluding hydrogens is 348 g/mol. The molecule has 2 aromatic carbocycles. The van der Waals surface area contributed by atoms with Crippen molar-refractivity contribution in [1.29, 1.82) is 0 Å². The SMILES string of the molecule is COc1ccc(/C=C/C(=O)NC(C)C(=O)Nc2cccc(SC)c2)cc1. The van der Waals surface area contributed by atoms with Gasteiger partial charge in [0.05, 0.1) is 7.11 Å². The summed E-state index contributed by atoms with van der Waals surface area (Å²) in [5.41, 5.74) is 1.57. The molecule has 1 atom stereocenters. The molecule has 2 N–H and O–H groups in total. The fourth-order valence-electron chi connectivity index (χ4n) is 2.17. The van der Waals surface area contributed by atoms with E-state index in [0.717, 1.165) is 16.2 Å². The standard InChI is InChI=1S/C20H22N2O3S/c1-14(20(24)22-16-5-4-6-18(13-16)26-3)21-19(23)12-9-15-7-10-17(25-2)11-8-15/h4-14H,1-3H3,(H,21,23)(H,22,24)/b12-9+. The third kappa shape index (κ3) is 5.97. The van der Waals surface area contributed by atoms with Crippen molar-refractivity contribution in [2.75, 3.05) is 18.7 Å². The van der Waals surface area contributed by atoms with Crippen LogP contribution in [0.4, 0.5) is 5.69 Å². The number of methoxy groups -OCH3 is 1. The summed E-state index contributed by atoms with van der Waals surface area (Å²) in [4.78, 5) is 25.3. The lowest BCUT2D eigenvalue weighted by Gasteiger charge is -2.13. The molecule has 0 saturated heterocycles. The van der Waals surface area contributed by atoms with Gasteiger partial charge >= 0.3 is 0 Å². The second-order valence-electron chi connectivity index (χ2n) is 5.56. The van der Waals surface area contributed by atoms with Crippen LogP contribution in [0.3, 0.4) is 0 Å². The molecule has 0 heterocycles. The van der Waals surface area contributed by atoms with Crippen molar-refractivity contribution in [2.45, 2.75) is 17.9 Å². The molecule has 2 rings (SSSR count). The highest BCUT2D eigenvalue weighted by Crippen LogP contribution is 2.19. The lowest BCUT2D eigenvalue weighted by atomic mass is 10.2. The average Bonchev–Trinajstić information content (AvgIpc) is 2.66. The predicted molar refractivity (Wildman–Crippen MR) is 106 cm³/mol. The van der Waals surface area contributed by atoms with E-state index in [1.165, 1.54) is 6.08 Å². The van der Waals surface area contributed by atoms with E-state index in [0.29, 0.717) is 5.69 Å². The van der Waals surface area contributed by atoms with Crippen molar-refractivity contribution in [3.63, 3.8) is 0 Å². The first-order chi connectivity index (χ1) is 12.5. The van der Waals surface area contributed by atoms with Crippen LogP contribution in [0.15, 0.2) is 59.5 Å². The number of amides is 2. The molecule has 0 aliphatic heterocycles. The van der Waals surface area contributed by atoms with Gasteiger partial charge in [0.15, 0.2) is 0 Å². The normalized spacial score (nSPS) is 11.8. The first-order valence-electron chi connectivity index (χ1n) is 8.09. The summed E-state index contributed by atoms with van der Waals surface area (Å²) < 4.78 is 5.09. The molecule has 0 aliphatic rings. The zero-order valence-electron chi connectivity index (χ0n) is 15.0. The minimum absolute atomic E-state index is 0.269. The van der Waals surface area contributed by atoms with Crippen LogP contribution in [-0.2, 0) is 9.59 Å². The van der Waals surface area contributed by atoms with Crippen molar-refractivity contribution < 1.29 is 14.3 Å². The minimum atomic E-state index is -0.652. The second kappa shape index (κ2) is 9.68. The number of thioether (sulfide) groups is 1. The van der Waals surface area contributed by atoms with Crippen LogP contribution in [0.25, 0.3) is 6.08 Å². The minimum Gasteiger partial charge on any atom is -0.497 e. The summed E-state index contributed by atoms with van der Waals surface area (Å²) in [5.74, 6) is 0.151. The number of nitrogens with one attached hydrogen (secondary N) is 2. The molecule has 0 bridgehead atoms. The van der Waals surface area contributed by atoms with Crippen molar-refractivity contribution >= 4 is 35.3 Å². The Hall–Kier alpha value is -2.73. The van der Waals surface area contributed by atoms with Crippen LogP contribution >= 0.6 is 11.8 Å². The number of anilines is 1. The van der Waals surface area contributed by atoms with E-state index in [2.05, 4.69) is 10.6 Å². The Labute approximate surface area is 157 Å². The molecule has 0 aromatic heterocycles. The van der Waals surface area contributed by atoms with Crippen molar-refractivity contribution in [2.24, 2.45) is 0 Å².